The van der Waals surface area contributed by atoms with Crippen LogP contribution in [0.3, 0.4) is 0 Å². The minimum Gasteiger partial charge on any atom is -0.496 e. The molecule has 96 valence electrons. The normalized spacial score (nSPS) is 20.3. The Kier molecular flexibility index (Phi) is 2.58. The predicted molar refractivity (Wildman–Crippen MR) is 67.9 cm³/mol. The number of methoxy groups -OCH3 is 2. The molecule has 0 bridgehead atoms. The first-order chi connectivity index (χ1) is 8.71. The van der Waals surface area contributed by atoms with Crippen LogP contribution >= 0.6 is 0 Å². The summed E-state index contributed by atoms with van der Waals surface area (Å²) in [6, 6.07) is 6.26. The lowest BCUT2D eigenvalue weighted by atomic mass is 9.92. The summed E-state index contributed by atoms with van der Waals surface area (Å²) in [7, 11) is 3.11. The summed E-state index contributed by atoms with van der Waals surface area (Å²) in [5.74, 6) is 1.36. The number of ether oxygens (including phenoxy) is 2. The number of esters is 1. The van der Waals surface area contributed by atoms with Gasteiger partial charge < -0.3 is 9.47 Å². The first-order valence-corrected chi connectivity index (χ1v) is 6.48. The fraction of sp³-hybridized carbons (Fsp3) is 0.533. The number of carbonyl (C=O) groups is 1. The third kappa shape index (κ3) is 1.69. The molecule has 18 heavy (non-hydrogen) atoms. The van der Waals surface area contributed by atoms with Crippen molar-refractivity contribution in [2.24, 2.45) is 0 Å². The van der Waals surface area contributed by atoms with Crippen LogP contribution in [0.1, 0.15) is 42.7 Å². The van der Waals surface area contributed by atoms with E-state index in [4.69, 9.17) is 9.47 Å². The molecular weight excluding hydrogens is 228 g/mol. The summed E-state index contributed by atoms with van der Waals surface area (Å²) in [5.41, 5.74) is 1.91. The molecular formula is C15H18O3. The van der Waals surface area contributed by atoms with Gasteiger partial charge in [0.1, 0.15) is 5.75 Å². The zero-order valence-corrected chi connectivity index (χ0v) is 10.9. The Morgan fingerprint density at radius 3 is 2.50 bits per heavy atom. The van der Waals surface area contributed by atoms with Crippen LogP contribution in [0.15, 0.2) is 18.2 Å². The van der Waals surface area contributed by atoms with Gasteiger partial charge >= 0.3 is 5.97 Å². The lowest BCUT2D eigenvalue weighted by Crippen LogP contribution is -2.22. The average molecular weight is 246 g/mol. The molecule has 2 fully saturated rings. The molecule has 0 heterocycles. The number of hydrogen-bond donors (Lipinski definition) is 0. The Balaban J connectivity index is 2.03. The molecule has 1 aromatic carbocycles. The van der Waals surface area contributed by atoms with Crippen molar-refractivity contribution < 1.29 is 14.3 Å². The van der Waals surface area contributed by atoms with Gasteiger partial charge in [-0.1, -0.05) is 12.1 Å². The largest absolute Gasteiger partial charge is 0.496 e. The Morgan fingerprint density at radius 2 is 2.00 bits per heavy atom. The topological polar surface area (TPSA) is 35.5 Å². The summed E-state index contributed by atoms with van der Waals surface area (Å²) in [6.07, 6.45) is 4.25. The molecule has 0 radical (unpaired) electrons. The smallest absolute Gasteiger partial charge is 0.316 e. The highest BCUT2D eigenvalue weighted by molar-refractivity contribution is 5.87. The van der Waals surface area contributed by atoms with Crippen LogP contribution in [-0.4, -0.2) is 20.2 Å². The van der Waals surface area contributed by atoms with E-state index in [1.54, 1.807) is 7.11 Å². The van der Waals surface area contributed by atoms with Crippen molar-refractivity contribution in [3.8, 4) is 5.75 Å². The Bertz CT molecular complexity index is 485. The Hall–Kier alpha value is -1.51. The summed E-state index contributed by atoms with van der Waals surface area (Å²) < 4.78 is 10.4. The van der Waals surface area contributed by atoms with Crippen LogP contribution in [-0.2, 0) is 14.9 Å². The highest BCUT2D eigenvalue weighted by Crippen LogP contribution is 2.53. The summed E-state index contributed by atoms with van der Waals surface area (Å²) >= 11 is 0. The number of rotatable bonds is 4. The molecule has 2 saturated carbocycles. The third-order valence-corrected chi connectivity index (χ3v) is 4.11. The van der Waals surface area contributed by atoms with Gasteiger partial charge in [0.2, 0.25) is 0 Å². The van der Waals surface area contributed by atoms with Crippen molar-refractivity contribution in [1.82, 2.24) is 0 Å². The maximum absolute atomic E-state index is 12.0. The van der Waals surface area contributed by atoms with Crippen molar-refractivity contribution in [1.29, 1.82) is 0 Å². The molecule has 0 unspecified atom stereocenters. The van der Waals surface area contributed by atoms with Crippen molar-refractivity contribution >= 4 is 5.97 Å². The number of benzene rings is 1. The number of hydrogen-bond acceptors (Lipinski definition) is 3. The van der Waals surface area contributed by atoms with Crippen LogP contribution in [0.25, 0.3) is 0 Å². The summed E-state index contributed by atoms with van der Waals surface area (Å²) in [6.45, 7) is 0. The fourth-order valence-electron chi connectivity index (χ4n) is 2.67. The molecule has 0 atom stereocenters. The van der Waals surface area contributed by atoms with E-state index >= 15 is 0 Å². The predicted octanol–water partition coefficient (Wildman–Crippen LogP) is 2.78. The molecule has 0 N–H and O–H groups in total. The van der Waals surface area contributed by atoms with E-state index in [0.717, 1.165) is 24.2 Å². The van der Waals surface area contributed by atoms with Crippen molar-refractivity contribution in [3.63, 3.8) is 0 Å². The zero-order chi connectivity index (χ0) is 12.8. The highest BCUT2D eigenvalue weighted by atomic mass is 16.5. The lowest BCUT2D eigenvalue weighted by Gasteiger charge is -2.17. The first-order valence-electron chi connectivity index (χ1n) is 6.48. The third-order valence-electron chi connectivity index (χ3n) is 4.11. The maximum atomic E-state index is 12.0. The van der Waals surface area contributed by atoms with E-state index < -0.39 is 5.41 Å². The second-order valence-corrected chi connectivity index (χ2v) is 5.31. The van der Waals surface area contributed by atoms with Gasteiger partial charge in [-0.15, -0.1) is 0 Å². The first kappa shape index (κ1) is 11.6. The molecule has 3 rings (SSSR count). The summed E-state index contributed by atoms with van der Waals surface area (Å²) in [5, 5.41) is 0. The van der Waals surface area contributed by atoms with Crippen LogP contribution in [0, 0.1) is 0 Å². The molecule has 0 amide bonds. The molecule has 0 saturated heterocycles. The van der Waals surface area contributed by atoms with E-state index in [2.05, 4.69) is 12.1 Å². The molecule has 2 aliphatic rings. The van der Waals surface area contributed by atoms with Gasteiger partial charge in [0.25, 0.3) is 0 Å². The average Bonchev–Trinajstić information content (AvgIpc) is 3.30. The van der Waals surface area contributed by atoms with E-state index in [1.165, 1.54) is 25.5 Å². The molecule has 0 aliphatic heterocycles. The second kappa shape index (κ2) is 4.01. The van der Waals surface area contributed by atoms with Gasteiger partial charge in [0.05, 0.1) is 19.6 Å². The highest BCUT2D eigenvalue weighted by Gasteiger charge is 2.54. The van der Waals surface area contributed by atoms with E-state index in [0.29, 0.717) is 5.92 Å². The van der Waals surface area contributed by atoms with E-state index in [-0.39, 0.29) is 5.97 Å². The fourth-order valence-corrected chi connectivity index (χ4v) is 2.67. The van der Waals surface area contributed by atoms with Crippen LogP contribution in [0.5, 0.6) is 5.75 Å². The molecule has 1 aromatic rings. The van der Waals surface area contributed by atoms with Gasteiger partial charge in [-0.25, -0.2) is 0 Å². The minimum absolute atomic E-state index is 0.131. The van der Waals surface area contributed by atoms with E-state index in [1.807, 2.05) is 6.07 Å². The van der Waals surface area contributed by atoms with Crippen molar-refractivity contribution in [2.75, 3.05) is 14.2 Å². The Labute approximate surface area is 107 Å². The Morgan fingerprint density at radius 1 is 1.28 bits per heavy atom. The summed E-state index contributed by atoms with van der Waals surface area (Å²) in [4.78, 5) is 12.0. The van der Waals surface area contributed by atoms with E-state index in [9.17, 15) is 4.79 Å². The second-order valence-electron chi connectivity index (χ2n) is 5.31. The number of carbonyl (C=O) groups excluding carboxylic acids is 1. The van der Waals surface area contributed by atoms with Crippen LogP contribution in [0.2, 0.25) is 0 Å². The monoisotopic (exact) mass is 246 g/mol. The van der Waals surface area contributed by atoms with Gasteiger partial charge in [0, 0.05) is 5.56 Å². The molecule has 3 nitrogen and oxygen atoms in total. The van der Waals surface area contributed by atoms with Gasteiger partial charge in [0.15, 0.2) is 0 Å². The lowest BCUT2D eigenvalue weighted by molar-refractivity contribution is -0.143. The van der Waals surface area contributed by atoms with Gasteiger partial charge in [-0.2, -0.15) is 0 Å². The molecule has 0 spiro atoms. The minimum atomic E-state index is -0.439. The molecule has 2 aliphatic carbocycles. The molecule has 3 heteroatoms. The van der Waals surface area contributed by atoms with Gasteiger partial charge in [-0.3, -0.25) is 4.79 Å². The molecule has 0 aromatic heterocycles. The SMILES string of the molecule is COC(=O)C1(c2cc(C3CC3)ccc2OC)CC1. The van der Waals surface area contributed by atoms with Crippen molar-refractivity contribution in [3.05, 3.63) is 29.3 Å². The standard InChI is InChI=1S/C15H18O3/c1-17-13-6-5-11(10-3-4-10)9-12(13)15(7-8-15)14(16)18-2/h5-6,9-10H,3-4,7-8H2,1-2H3. The van der Waals surface area contributed by atoms with Crippen LogP contribution < -0.4 is 4.74 Å². The maximum Gasteiger partial charge on any atom is 0.316 e. The quantitative estimate of drug-likeness (QED) is 0.766. The zero-order valence-electron chi connectivity index (χ0n) is 10.9. The van der Waals surface area contributed by atoms with Crippen LogP contribution in [0.4, 0.5) is 0 Å². The van der Waals surface area contributed by atoms with Gasteiger partial charge in [-0.05, 0) is 43.2 Å². The van der Waals surface area contributed by atoms with Crippen molar-refractivity contribution in [2.45, 2.75) is 37.0 Å².